The van der Waals surface area contributed by atoms with Gasteiger partial charge < -0.3 is 15.8 Å². The first-order valence-corrected chi connectivity index (χ1v) is 8.12. The molecule has 27 heavy (non-hydrogen) atoms. The van der Waals surface area contributed by atoms with Crippen LogP contribution in [0, 0.1) is 10.1 Å². The van der Waals surface area contributed by atoms with Crippen LogP contribution < -0.4 is 16.6 Å². The zero-order valence-corrected chi connectivity index (χ0v) is 14.6. The van der Waals surface area contributed by atoms with Gasteiger partial charge >= 0.3 is 5.97 Å². The number of nitro benzene ring substituents is 1. The molecule has 3 rings (SSSR count). The number of nitrogen functional groups attached to an aromatic ring is 1. The predicted octanol–water partition coefficient (Wildman–Crippen LogP) is 1.65. The second-order valence-corrected chi connectivity index (χ2v) is 5.88. The summed E-state index contributed by atoms with van der Waals surface area (Å²) in [6.07, 6.45) is 0. The van der Waals surface area contributed by atoms with Gasteiger partial charge in [-0.25, -0.2) is 4.79 Å². The van der Waals surface area contributed by atoms with Crippen molar-refractivity contribution in [3.63, 3.8) is 0 Å². The van der Waals surface area contributed by atoms with Crippen LogP contribution in [0.2, 0.25) is 0 Å². The molecule has 1 aromatic carbocycles. The van der Waals surface area contributed by atoms with Crippen molar-refractivity contribution in [1.82, 2.24) is 9.97 Å². The summed E-state index contributed by atoms with van der Waals surface area (Å²) in [5.74, 6) is -1.41. The first-order valence-electron chi connectivity index (χ1n) is 8.12. The van der Waals surface area contributed by atoms with Gasteiger partial charge in [0.15, 0.2) is 0 Å². The van der Waals surface area contributed by atoms with Crippen LogP contribution in [0.5, 0.6) is 0 Å². The van der Waals surface area contributed by atoms with Crippen molar-refractivity contribution in [2.45, 2.75) is 19.8 Å². The predicted molar refractivity (Wildman–Crippen MR) is 97.2 cm³/mol. The van der Waals surface area contributed by atoms with Crippen molar-refractivity contribution in [3.8, 4) is 0 Å². The number of benzene rings is 1. The van der Waals surface area contributed by atoms with Crippen molar-refractivity contribution < 1.29 is 14.5 Å². The summed E-state index contributed by atoms with van der Waals surface area (Å²) in [6, 6.07) is 5.75. The number of fused-ring (bicyclic) bond motifs is 1. The lowest BCUT2D eigenvalue weighted by Crippen LogP contribution is -2.31. The van der Waals surface area contributed by atoms with Gasteiger partial charge in [0.05, 0.1) is 28.6 Å². The lowest BCUT2D eigenvalue weighted by atomic mass is 9.82. The number of nitrogens with zero attached hydrogens (tertiary/aromatic N) is 2. The van der Waals surface area contributed by atoms with Gasteiger partial charge in [-0.1, -0.05) is 12.1 Å². The standard InChI is InChI=1S/C17H17N5O5/c1-3-27-16(24)11-8(2)19-14-13(15(23)21-17(18)20-14)12(11)9-5-4-6-10(7-9)22(25)26/h4-7,12H,3H2,1-2H3,(H4,18,19,20,21,23)/t12-/m1/s1. The number of hydrogen-bond donors (Lipinski definition) is 3. The van der Waals surface area contributed by atoms with E-state index in [0.29, 0.717) is 11.3 Å². The van der Waals surface area contributed by atoms with E-state index in [0.717, 1.165) is 0 Å². The fourth-order valence-corrected chi connectivity index (χ4v) is 3.10. The average molecular weight is 371 g/mol. The lowest BCUT2D eigenvalue weighted by Gasteiger charge is -2.28. The molecule has 1 aromatic heterocycles. The number of non-ortho nitro benzene ring substituents is 1. The third-order valence-corrected chi connectivity index (χ3v) is 4.17. The highest BCUT2D eigenvalue weighted by Gasteiger charge is 2.36. The molecule has 140 valence electrons. The van der Waals surface area contributed by atoms with Gasteiger partial charge in [0.25, 0.3) is 11.2 Å². The Hall–Kier alpha value is -3.69. The largest absolute Gasteiger partial charge is 0.463 e. The Bertz CT molecular complexity index is 1030. The van der Waals surface area contributed by atoms with Crippen LogP contribution in [-0.2, 0) is 9.53 Å². The number of H-pyrrole nitrogens is 1. The first-order chi connectivity index (χ1) is 12.8. The van der Waals surface area contributed by atoms with Crippen LogP contribution in [0.25, 0.3) is 0 Å². The van der Waals surface area contributed by atoms with Crippen LogP contribution in [-0.4, -0.2) is 27.5 Å². The van der Waals surface area contributed by atoms with Crippen molar-refractivity contribution in [1.29, 1.82) is 0 Å². The molecule has 0 aliphatic carbocycles. The molecule has 0 saturated carbocycles. The van der Waals surface area contributed by atoms with Gasteiger partial charge in [-0.3, -0.25) is 19.9 Å². The van der Waals surface area contributed by atoms with E-state index < -0.39 is 22.4 Å². The molecule has 0 saturated heterocycles. The summed E-state index contributed by atoms with van der Waals surface area (Å²) in [4.78, 5) is 42.3. The minimum Gasteiger partial charge on any atom is -0.463 e. The summed E-state index contributed by atoms with van der Waals surface area (Å²) >= 11 is 0. The van der Waals surface area contributed by atoms with E-state index in [1.807, 2.05) is 0 Å². The maximum absolute atomic E-state index is 12.6. The molecule has 2 aromatic rings. The molecule has 10 nitrogen and oxygen atoms in total. The fourth-order valence-electron chi connectivity index (χ4n) is 3.10. The van der Waals surface area contributed by atoms with E-state index in [-0.39, 0.29) is 35.2 Å². The van der Waals surface area contributed by atoms with E-state index in [2.05, 4.69) is 15.3 Å². The Balaban J connectivity index is 2.29. The number of nitrogens with two attached hydrogens (primary N) is 1. The Morgan fingerprint density at radius 2 is 2.19 bits per heavy atom. The van der Waals surface area contributed by atoms with E-state index in [1.165, 1.54) is 18.2 Å². The van der Waals surface area contributed by atoms with Crippen molar-refractivity contribution >= 4 is 23.4 Å². The number of hydrogen-bond acceptors (Lipinski definition) is 8. The molecule has 0 unspecified atom stereocenters. The number of allylic oxidation sites excluding steroid dienone is 1. The Morgan fingerprint density at radius 1 is 1.44 bits per heavy atom. The molecule has 1 atom stereocenters. The number of aromatic amines is 1. The maximum Gasteiger partial charge on any atom is 0.336 e. The normalized spacial score (nSPS) is 15.7. The highest BCUT2D eigenvalue weighted by Crippen LogP contribution is 2.40. The summed E-state index contributed by atoms with van der Waals surface area (Å²) in [5.41, 5.74) is 6.05. The van der Waals surface area contributed by atoms with Crippen molar-refractivity contribution in [2.75, 3.05) is 17.7 Å². The Kier molecular flexibility index (Phi) is 4.63. The Morgan fingerprint density at radius 3 is 2.85 bits per heavy atom. The van der Waals surface area contributed by atoms with E-state index in [9.17, 15) is 19.7 Å². The minimum atomic E-state index is -0.892. The maximum atomic E-state index is 12.6. The molecule has 0 spiro atoms. The van der Waals surface area contributed by atoms with Crippen molar-refractivity contribution in [3.05, 3.63) is 67.1 Å². The summed E-state index contributed by atoms with van der Waals surface area (Å²) in [7, 11) is 0. The number of carbonyl (C=O) groups excluding carboxylic acids is 1. The number of nitro groups is 1. The Labute approximate surface area is 153 Å². The molecule has 1 aliphatic rings. The quantitative estimate of drug-likeness (QED) is 0.416. The molecule has 1 aliphatic heterocycles. The van der Waals surface area contributed by atoms with E-state index >= 15 is 0 Å². The van der Waals surface area contributed by atoms with Crippen LogP contribution in [0.1, 0.15) is 30.9 Å². The van der Waals surface area contributed by atoms with E-state index in [1.54, 1.807) is 19.9 Å². The first kappa shape index (κ1) is 18.1. The molecule has 0 fully saturated rings. The van der Waals surface area contributed by atoms with E-state index in [4.69, 9.17) is 10.5 Å². The highest BCUT2D eigenvalue weighted by atomic mass is 16.6. The van der Waals surface area contributed by atoms with Crippen LogP contribution in [0.4, 0.5) is 17.5 Å². The fraction of sp³-hybridized carbons (Fsp3) is 0.235. The van der Waals surface area contributed by atoms with Gasteiger partial charge in [0.1, 0.15) is 5.82 Å². The molecule has 0 radical (unpaired) electrons. The van der Waals surface area contributed by atoms with Crippen LogP contribution >= 0.6 is 0 Å². The average Bonchev–Trinajstić information content (AvgIpc) is 2.60. The number of carbonyl (C=O) groups is 1. The monoisotopic (exact) mass is 371 g/mol. The highest BCUT2D eigenvalue weighted by molar-refractivity contribution is 5.94. The number of esters is 1. The van der Waals surface area contributed by atoms with Crippen molar-refractivity contribution in [2.24, 2.45) is 0 Å². The van der Waals surface area contributed by atoms with Gasteiger partial charge in [-0.2, -0.15) is 4.98 Å². The second-order valence-electron chi connectivity index (χ2n) is 5.88. The van der Waals surface area contributed by atoms with Crippen LogP contribution in [0.15, 0.2) is 40.3 Å². The van der Waals surface area contributed by atoms with Gasteiger partial charge in [0.2, 0.25) is 5.95 Å². The number of rotatable bonds is 4. The zero-order chi connectivity index (χ0) is 19.7. The smallest absolute Gasteiger partial charge is 0.336 e. The van der Waals surface area contributed by atoms with Crippen LogP contribution in [0.3, 0.4) is 0 Å². The molecule has 0 amide bonds. The summed E-state index contributed by atoms with van der Waals surface area (Å²) in [6.45, 7) is 3.44. The number of ether oxygens (including phenoxy) is 1. The molecule has 2 heterocycles. The lowest BCUT2D eigenvalue weighted by molar-refractivity contribution is -0.384. The third-order valence-electron chi connectivity index (χ3n) is 4.17. The zero-order valence-electron chi connectivity index (χ0n) is 14.6. The number of aromatic nitrogens is 2. The molecular formula is C17H17N5O5. The third kappa shape index (κ3) is 3.24. The summed E-state index contributed by atoms with van der Waals surface area (Å²) < 4.78 is 5.13. The second kappa shape index (κ2) is 6.90. The molecule has 0 bridgehead atoms. The number of anilines is 2. The molecule has 10 heteroatoms. The summed E-state index contributed by atoms with van der Waals surface area (Å²) in [5, 5.41) is 14.1. The van der Waals surface area contributed by atoms with Gasteiger partial charge in [-0.05, 0) is 19.4 Å². The SMILES string of the molecule is CCOC(=O)C1=C(C)Nc2nc(N)[nH]c(=O)c2[C@@H]1c1cccc([N+](=O)[O-])c1. The molecular weight excluding hydrogens is 354 g/mol. The van der Waals surface area contributed by atoms with Gasteiger partial charge in [-0.15, -0.1) is 0 Å². The number of nitrogens with one attached hydrogen (secondary N) is 2. The van der Waals surface area contributed by atoms with Gasteiger partial charge in [0, 0.05) is 17.8 Å². The minimum absolute atomic E-state index is 0.0866. The topological polar surface area (TPSA) is 153 Å². The molecule has 4 N–H and O–H groups in total.